The number of rotatable bonds is 2. The lowest BCUT2D eigenvalue weighted by atomic mass is 10.1. The van der Waals surface area contributed by atoms with E-state index in [1.54, 1.807) is 36.4 Å². The van der Waals surface area contributed by atoms with Gasteiger partial charge in [-0.2, -0.15) is 0 Å². The molecule has 0 saturated carbocycles. The number of aromatic hydroxyl groups is 1. The number of phenolic OH excluding ortho intramolecular Hbond substituents is 1. The van der Waals surface area contributed by atoms with Crippen molar-refractivity contribution < 1.29 is 14.6 Å². The standard InChI is InChI=1S/C16H11NO3S/c18-13-9-5-4-6-11(13)10-14-15(19)17(16(21)20-14)12-7-2-1-3-8-12/h1-10,18H/b14-10-. The van der Waals surface area contributed by atoms with Crippen LogP contribution in [0.3, 0.4) is 0 Å². The fourth-order valence-corrected chi connectivity index (χ4v) is 2.30. The molecule has 0 radical (unpaired) electrons. The smallest absolute Gasteiger partial charge is 0.301 e. The van der Waals surface area contributed by atoms with Gasteiger partial charge in [0.05, 0.1) is 5.69 Å². The van der Waals surface area contributed by atoms with Gasteiger partial charge >= 0.3 is 5.91 Å². The second kappa shape index (κ2) is 5.38. The minimum atomic E-state index is -0.352. The van der Waals surface area contributed by atoms with Crippen LogP contribution in [0.2, 0.25) is 0 Å². The summed E-state index contributed by atoms with van der Waals surface area (Å²) in [4.78, 5) is 13.7. The van der Waals surface area contributed by atoms with Gasteiger partial charge in [0.25, 0.3) is 5.17 Å². The summed E-state index contributed by atoms with van der Waals surface area (Å²) in [7, 11) is 0. The number of hydrogen-bond acceptors (Lipinski definition) is 4. The number of nitrogens with zero attached hydrogens (tertiary/aromatic N) is 1. The Morgan fingerprint density at radius 3 is 2.43 bits per heavy atom. The van der Waals surface area contributed by atoms with E-state index >= 15 is 0 Å². The van der Waals surface area contributed by atoms with Gasteiger partial charge in [0.2, 0.25) is 0 Å². The lowest BCUT2D eigenvalue weighted by Crippen LogP contribution is -2.27. The highest BCUT2D eigenvalue weighted by Gasteiger charge is 2.34. The van der Waals surface area contributed by atoms with E-state index < -0.39 is 0 Å². The first kappa shape index (κ1) is 13.3. The fraction of sp³-hybridized carbons (Fsp3) is 0. The lowest BCUT2D eigenvalue weighted by Gasteiger charge is -2.11. The van der Waals surface area contributed by atoms with Crippen molar-refractivity contribution >= 4 is 35.1 Å². The van der Waals surface area contributed by atoms with E-state index in [1.165, 1.54) is 11.0 Å². The van der Waals surface area contributed by atoms with Gasteiger partial charge in [0.15, 0.2) is 5.76 Å². The first-order valence-corrected chi connectivity index (χ1v) is 6.68. The molecule has 1 saturated heterocycles. The maximum Gasteiger partial charge on any atom is 0.301 e. The Morgan fingerprint density at radius 2 is 1.71 bits per heavy atom. The third-order valence-electron chi connectivity index (χ3n) is 3.03. The molecule has 0 aliphatic carbocycles. The number of ether oxygens (including phenoxy) is 1. The summed E-state index contributed by atoms with van der Waals surface area (Å²) < 4.78 is 5.36. The number of hydrogen-bond donors (Lipinski definition) is 1. The van der Waals surface area contributed by atoms with Gasteiger partial charge in [-0.3, -0.25) is 4.79 Å². The van der Waals surface area contributed by atoms with Gasteiger partial charge in [-0.25, -0.2) is 4.90 Å². The van der Waals surface area contributed by atoms with Crippen LogP contribution < -0.4 is 4.90 Å². The molecule has 104 valence electrons. The number of para-hydroxylation sites is 2. The van der Waals surface area contributed by atoms with Crippen LogP contribution in [0.4, 0.5) is 5.69 Å². The second-order valence-electron chi connectivity index (χ2n) is 4.41. The lowest BCUT2D eigenvalue weighted by molar-refractivity contribution is -0.114. The zero-order chi connectivity index (χ0) is 14.8. The van der Waals surface area contributed by atoms with Crippen LogP contribution >= 0.6 is 12.2 Å². The summed E-state index contributed by atoms with van der Waals surface area (Å²) >= 11 is 5.11. The van der Waals surface area contributed by atoms with Crippen molar-refractivity contribution in [2.45, 2.75) is 0 Å². The first-order chi connectivity index (χ1) is 10.2. The minimum Gasteiger partial charge on any atom is -0.507 e. The fourth-order valence-electron chi connectivity index (χ4n) is 2.02. The zero-order valence-electron chi connectivity index (χ0n) is 10.9. The summed E-state index contributed by atoms with van der Waals surface area (Å²) in [6.07, 6.45) is 1.48. The van der Waals surface area contributed by atoms with E-state index in [-0.39, 0.29) is 22.6 Å². The van der Waals surface area contributed by atoms with Crippen LogP contribution in [-0.4, -0.2) is 16.2 Å². The molecule has 1 N–H and O–H groups in total. The van der Waals surface area contributed by atoms with Crippen LogP contribution in [0.1, 0.15) is 5.56 Å². The maximum atomic E-state index is 12.4. The largest absolute Gasteiger partial charge is 0.507 e. The molecule has 2 aromatic rings. The van der Waals surface area contributed by atoms with E-state index in [0.717, 1.165) is 0 Å². The SMILES string of the molecule is O=C1/C(=C/c2ccccc2O)OC(=S)N1c1ccccc1. The van der Waals surface area contributed by atoms with Crippen LogP contribution in [0, 0.1) is 0 Å². The average molecular weight is 297 g/mol. The zero-order valence-corrected chi connectivity index (χ0v) is 11.7. The number of benzene rings is 2. The molecule has 2 aromatic carbocycles. The van der Waals surface area contributed by atoms with Crippen LogP contribution in [0.5, 0.6) is 5.75 Å². The van der Waals surface area contributed by atoms with Crippen LogP contribution in [0.15, 0.2) is 60.4 Å². The van der Waals surface area contributed by atoms with Crippen molar-refractivity contribution in [2.24, 2.45) is 0 Å². The van der Waals surface area contributed by atoms with Gasteiger partial charge in [-0.15, -0.1) is 0 Å². The molecule has 1 aliphatic heterocycles. The number of carbonyl (C=O) groups excluding carboxylic acids is 1. The van der Waals surface area contributed by atoms with Crippen molar-refractivity contribution in [3.63, 3.8) is 0 Å². The van der Waals surface area contributed by atoms with E-state index in [1.807, 2.05) is 18.2 Å². The molecule has 4 nitrogen and oxygen atoms in total. The van der Waals surface area contributed by atoms with Gasteiger partial charge in [-0.05, 0) is 36.5 Å². The Morgan fingerprint density at radius 1 is 1.05 bits per heavy atom. The molecule has 0 atom stereocenters. The molecule has 0 bridgehead atoms. The van der Waals surface area contributed by atoms with Crippen molar-refractivity contribution in [1.82, 2.24) is 0 Å². The van der Waals surface area contributed by atoms with Crippen molar-refractivity contribution in [3.05, 3.63) is 65.9 Å². The van der Waals surface area contributed by atoms with E-state index in [2.05, 4.69) is 0 Å². The third-order valence-corrected chi connectivity index (χ3v) is 3.30. The molecule has 5 heteroatoms. The molecular weight excluding hydrogens is 286 g/mol. The highest BCUT2D eigenvalue weighted by Crippen LogP contribution is 2.27. The Labute approximate surface area is 126 Å². The Hall–Kier alpha value is -2.66. The summed E-state index contributed by atoms with van der Waals surface area (Å²) in [6, 6.07) is 15.7. The van der Waals surface area contributed by atoms with Gasteiger partial charge < -0.3 is 9.84 Å². The van der Waals surface area contributed by atoms with Gasteiger partial charge in [0, 0.05) is 5.56 Å². The summed E-state index contributed by atoms with van der Waals surface area (Å²) in [5.41, 5.74) is 1.15. The molecule has 3 rings (SSSR count). The van der Waals surface area contributed by atoms with Crippen molar-refractivity contribution in [3.8, 4) is 5.75 Å². The Balaban J connectivity index is 1.96. The number of phenols is 1. The van der Waals surface area contributed by atoms with Crippen LogP contribution in [0.25, 0.3) is 6.08 Å². The predicted octanol–water partition coefficient (Wildman–Crippen LogP) is 3.08. The summed E-state index contributed by atoms with van der Waals surface area (Å²) in [5, 5.41) is 9.82. The number of thiocarbonyl (C=S) groups is 1. The Kier molecular flexibility index (Phi) is 3.41. The number of anilines is 1. The molecule has 1 heterocycles. The van der Waals surface area contributed by atoms with E-state index in [4.69, 9.17) is 17.0 Å². The maximum absolute atomic E-state index is 12.4. The molecular formula is C16H11NO3S. The molecule has 21 heavy (non-hydrogen) atoms. The average Bonchev–Trinajstić information content (AvgIpc) is 2.77. The van der Waals surface area contributed by atoms with Crippen LogP contribution in [-0.2, 0) is 9.53 Å². The quantitative estimate of drug-likeness (QED) is 0.683. The van der Waals surface area contributed by atoms with Gasteiger partial charge in [0.1, 0.15) is 5.75 Å². The molecule has 1 aliphatic rings. The molecule has 1 fully saturated rings. The summed E-state index contributed by atoms with van der Waals surface area (Å²) in [6.45, 7) is 0. The second-order valence-corrected chi connectivity index (χ2v) is 4.76. The van der Waals surface area contributed by atoms with Crippen molar-refractivity contribution in [2.75, 3.05) is 4.90 Å². The van der Waals surface area contributed by atoms with Gasteiger partial charge in [-0.1, -0.05) is 36.4 Å². The Bertz CT molecular complexity index is 740. The minimum absolute atomic E-state index is 0.0745. The van der Waals surface area contributed by atoms with E-state index in [9.17, 15) is 9.90 Å². The number of carbonyl (C=O) groups is 1. The number of amides is 1. The van der Waals surface area contributed by atoms with Crippen molar-refractivity contribution in [1.29, 1.82) is 0 Å². The topological polar surface area (TPSA) is 49.8 Å². The monoisotopic (exact) mass is 297 g/mol. The molecule has 0 aromatic heterocycles. The third kappa shape index (κ3) is 2.51. The normalized spacial score (nSPS) is 16.4. The molecule has 0 spiro atoms. The predicted molar refractivity (Wildman–Crippen MR) is 83.7 cm³/mol. The highest BCUT2D eigenvalue weighted by molar-refractivity contribution is 7.80. The molecule has 1 amide bonds. The van der Waals surface area contributed by atoms with E-state index in [0.29, 0.717) is 11.3 Å². The highest BCUT2D eigenvalue weighted by atomic mass is 32.1. The summed E-state index contributed by atoms with van der Waals surface area (Å²) in [5.74, 6) is -0.190. The molecule has 0 unspecified atom stereocenters. The first-order valence-electron chi connectivity index (χ1n) is 6.28.